The standard InChI is InChI=1S/C10H16IN3O/c1-10(2,3)7(15-4)9-13-5-6(11)8(12)14-9/h5,7H,1-4H3,(H2,12,13,14). The number of nitrogens with two attached hydrogens (primary N) is 1. The van der Waals surface area contributed by atoms with Crippen molar-refractivity contribution in [3.05, 3.63) is 15.6 Å². The summed E-state index contributed by atoms with van der Waals surface area (Å²) in [6.45, 7) is 6.25. The molecule has 0 saturated heterocycles. The second-order valence-electron chi connectivity index (χ2n) is 4.44. The van der Waals surface area contributed by atoms with E-state index in [0.29, 0.717) is 11.6 Å². The molecule has 1 atom stereocenters. The van der Waals surface area contributed by atoms with Gasteiger partial charge >= 0.3 is 0 Å². The van der Waals surface area contributed by atoms with Gasteiger partial charge in [0, 0.05) is 13.3 Å². The molecule has 0 spiro atoms. The molecule has 0 fully saturated rings. The van der Waals surface area contributed by atoms with Crippen molar-refractivity contribution < 1.29 is 4.74 Å². The smallest absolute Gasteiger partial charge is 0.160 e. The van der Waals surface area contributed by atoms with Gasteiger partial charge in [-0.15, -0.1) is 0 Å². The van der Waals surface area contributed by atoms with Crippen LogP contribution < -0.4 is 5.73 Å². The minimum absolute atomic E-state index is 0.0476. The molecular formula is C10H16IN3O. The number of anilines is 1. The molecule has 1 aromatic rings. The van der Waals surface area contributed by atoms with Crippen LogP contribution in [0.3, 0.4) is 0 Å². The van der Waals surface area contributed by atoms with E-state index in [0.717, 1.165) is 3.57 Å². The van der Waals surface area contributed by atoms with Gasteiger partial charge in [0.2, 0.25) is 0 Å². The van der Waals surface area contributed by atoms with Crippen LogP contribution in [0.15, 0.2) is 6.20 Å². The lowest BCUT2D eigenvalue weighted by molar-refractivity contribution is 0.00874. The van der Waals surface area contributed by atoms with Gasteiger partial charge < -0.3 is 10.5 Å². The van der Waals surface area contributed by atoms with Gasteiger partial charge in [0.05, 0.1) is 3.57 Å². The SMILES string of the molecule is COC(c1ncc(I)c(N)n1)C(C)(C)C. The number of hydrogen-bond donors (Lipinski definition) is 1. The van der Waals surface area contributed by atoms with Crippen molar-refractivity contribution in [1.82, 2.24) is 9.97 Å². The van der Waals surface area contributed by atoms with Crippen LogP contribution in [0.5, 0.6) is 0 Å². The van der Waals surface area contributed by atoms with Gasteiger partial charge in [-0.25, -0.2) is 9.97 Å². The summed E-state index contributed by atoms with van der Waals surface area (Å²) < 4.78 is 6.27. The molecule has 0 aliphatic heterocycles. The fourth-order valence-corrected chi connectivity index (χ4v) is 1.63. The van der Waals surface area contributed by atoms with E-state index >= 15 is 0 Å². The van der Waals surface area contributed by atoms with Gasteiger partial charge in [-0.3, -0.25) is 0 Å². The Morgan fingerprint density at radius 1 is 1.47 bits per heavy atom. The van der Waals surface area contributed by atoms with Gasteiger partial charge in [-0.2, -0.15) is 0 Å². The average molecular weight is 321 g/mol. The maximum absolute atomic E-state index is 5.74. The van der Waals surface area contributed by atoms with Crippen LogP contribution in [0.25, 0.3) is 0 Å². The lowest BCUT2D eigenvalue weighted by Gasteiger charge is -2.27. The van der Waals surface area contributed by atoms with Gasteiger partial charge in [-0.1, -0.05) is 20.8 Å². The molecule has 15 heavy (non-hydrogen) atoms. The predicted molar refractivity (Wildman–Crippen MR) is 68.4 cm³/mol. The molecule has 1 rings (SSSR count). The molecule has 5 heteroatoms. The summed E-state index contributed by atoms with van der Waals surface area (Å²) in [6, 6.07) is 0. The molecule has 84 valence electrons. The Bertz CT molecular complexity index is 349. The maximum atomic E-state index is 5.74. The van der Waals surface area contributed by atoms with E-state index in [4.69, 9.17) is 10.5 Å². The third-order valence-electron chi connectivity index (χ3n) is 2.05. The van der Waals surface area contributed by atoms with Crippen molar-refractivity contribution in [2.75, 3.05) is 12.8 Å². The highest BCUT2D eigenvalue weighted by molar-refractivity contribution is 14.1. The van der Waals surface area contributed by atoms with E-state index in [1.54, 1.807) is 13.3 Å². The van der Waals surface area contributed by atoms with Crippen molar-refractivity contribution in [3.63, 3.8) is 0 Å². The number of rotatable bonds is 2. The Kier molecular flexibility index (Phi) is 3.88. The fraction of sp³-hybridized carbons (Fsp3) is 0.600. The molecule has 0 radical (unpaired) electrons. The van der Waals surface area contributed by atoms with E-state index in [1.165, 1.54) is 0 Å². The first-order chi connectivity index (χ1) is 6.86. The molecule has 1 unspecified atom stereocenters. The van der Waals surface area contributed by atoms with Crippen molar-refractivity contribution in [2.45, 2.75) is 26.9 Å². The first kappa shape index (κ1) is 12.6. The maximum Gasteiger partial charge on any atom is 0.160 e. The molecule has 0 aliphatic carbocycles. The summed E-state index contributed by atoms with van der Waals surface area (Å²) >= 11 is 2.11. The zero-order valence-corrected chi connectivity index (χ0v) is 11.6. The normalized spacial score (nSPS) is 13.9. The molecule has 0 aromatic carbocycles. The highest BCUT2D eigenvalue weighted by atomic mass is 127. The van der Waals surface area contributed by atoms with Gasteiger partial charge in [0.15, 0.2) is 5.82 Å². The molecule has 0 bridgehead atoms. The Hall–Kier alpha value is -0.430. The molecule has 1 aromatic heterocycles. The minimum atomic E-state index is -0.142. The average Bonchev–Trinajstić information content (AvgIpc) is 2.10. The quantitative estimate of drug-likeness (QED) is 0.850. The van der Waals surface area contributed by atoms with Crippen LogP contribution in [0, 0.1) is 8.99 Å². The van der Waals surface area contributed by atoms with E-state index in [9.17, 15) is 0 Å². The lowest BCUT2D eigenvalue weighted by atomic mass is 9.88. The second kappa shape index (κ2) is 4.61. The lowest BCUT2D eigenvalue weighted by Crippen LogP contribution is -2.22. The molecular weight excluding hydrogens is 305 g/mol. The van der Waals surface area contributed by atoms with Crippen molar-refractivity contribution in [1.29, 1.82) is 0 Å². The number of methoxy groups -OCH3 is 1. The van der Waals surface area contributed by atoms with E-state index in [1.807, 2.05) is 0 Å². The largest absolute Gasteiger partial charge is 0.383 e. The summed E-state index contributed by atoms with van der Waals surface area (Å²) in [7, 11) is 1.66. The number of hydrogen-bond acceptors (Lipinski definition) is 4. The molecule has 1 heterocycles. The Morgan fingerprint density at radius 2 is 2.07 bits per heavy atom. The van der Waals surface area contributed by atoms with E-state index in [2.05, 4.69) is 53.3 Å². The summed E-state index contributed by atoms with van der Waals surface area (Å²) in [6.07, 6.45) is 1.58. The fourth-order valence-electron chi connectivity index (χ4n) is 1.37. The summed E-state index contributed by atoms with van der Waals surface area (Å²) in [5.74, 6) is 1.15. The molecule has 0 amide bonds. The molecule has 2 N–H and O–H groups in total. The summed E-state index contributed by atoms with van der Waals surface area (Å²) in [4.78, 5) is 8.50. The number of halogens is 1. The number of aromatic nitrogens is 2. The zero-order valence-electron chi connectivity index (χ0n) is 9.41. The van der Waals surface area contributed by atoms with Crippen molar-refractivity contribution in [2.24, 2.45) is 5.41 Å². The molecule has 4 nitrogen and oxygen atoms in total. The zero-order chi connectivity index (χ0) is 11.6. The van der Waals surface area contributed by atoms with Crippen molar-refractivity contribution >= 4 is 28.4 Å². The van der Waals surface area contributed by atoms with E-state index in [-0.39, 0.29) is 11.5 Å². The van der Waals surface area contributed by atoms with Crippen molar-refractivity contribution in [3.8, 4) is 0 Å². The van der Waals surface area contributed by atoms with Crippen LogP contribution in [0.2, 0.25) is 0 Å². The molecule has 0 aliphatic rings. The first-order valence-corrected chi connectivity index (χ1v) is 5.75. The topological polar surface area (TPSA) is 61.0 Å². The van der Waals surface area contributed by atoms with Crippen LogP contribution in [0.1, 0.15) is 32.7 Å². The number of ether oxygens (including phenoxy) is 1. The Labute approximate surface area is 104 Å². The highest BCUT2D eigenvalue weighted by Gasteiger charge is 2.28. The summed E-state index contributed by atoms with van der Waals surface area (Å²) in [5, 5.41) is 0. The van der Waals surface area contributed by atoms with Gasteiger partial charge in [0.25, 0.3) is 0 Å². The number of nitrogen functional groups attached to an aromatic ring is 1. The van der Waals surface area contributed by atoms with Crippen LogP contribution in [-0.2, 0) is 4.74 Å². The monoisotopic (exact) mass is 321 g/mol. The molecule has 0 saturated carbocycles. The van der Waals surface area contributed by atoms with Crippen LogP contribution in [0.4, 0.5) is 5.82 Å². The van der Waals surface area contributed by atoms with Gasteiger partial charge in [-0.05, 0) is 28.0 Å². The third kappa shape index (κ3) is 3.01. The minimum Gasteiger partial charge on any atom is -0.383 e. The summed E-state index contributed by atoms with van der Waals surface area (Å²) in [5.41, 5.74) is 5.69. The predicted octanol–water partition coefficient (Wildman–Crippen LogP) is 2.40. The van der Waals surface area contributed by atoms with Gasteiger partial charge in [0.1, 0.15) is 11.9 Å². The van der Waals surface area contributed by atoms with E-state index < -0.39 is 0 Å². The number of nitrogens with zero attached hydrogens (tertiary/aromatic N) is 2. The highest BCUT2D eigenvalue weighted by Crippen LogP contribution is 2.33. The van der Waals surface area contributed by atoms with Crippen LogP contribution in [-0.4, -0.2) is 17.1 Å². The second-order valence-corrected chi connectivity index (χ2v) is 5.61. The third-order valence-corrected chi connectivity index (χ3v) is 2.88. The van der Waals surface area contributed by atoms with Crippen LogP contribution >= 0.6 is 22.6 Å². The first-order valence-electron chi connectivity index (χ1n) is 4.67. The Morgan fingerprint density at radius 3 is 2.47 bits per heavy atom. The Balaban J connectivity index is 3.08.